The van der Waals surface area contributed by atoms with Gasteiger partial charge in [0, 0.05) is 19.1 Å². The molecule has 0 heterocycles. The molecule has 11 heavy (non-hydrogen) atoms. The van der Waals surface area contributed by atoms with Crippen LogP contribution in [0.25, 0.3) is 0 Å². The largest absolute Gasteiger partial charge is 0.370 e. The Morgan fingerprint density at radius 3 is 2.00 bits per heavy atom. The van der Waals surface area contributed by atoms with E-state index in [9.17, 15) is 0 Å². The van der Waals surface area contributed by atoms with E-state index in [1.165, 1.54) is 0 Å². The average Bonchev–Trinajstić information content (AvgIpc) is 1.86. The maximum Gasteiger partial charge on any atom is 0.191 e. The highest BCUT2D eigenvalue weighted by Gasteiger charge is 2.20. The molecule has 3 nitrogen and oxygen atoms in total. The van der Waals surface area contributed by atoms with Crippen LogP contribution in [0.1, 0.15) is 27.7 Å². The molecule has 0 rings (SSSR count). The predicted octanol–water partition coefficient (Wildman–Crippen LogP) is 1.05. The van der Waals surface area contributed by atoms with Gasteiger partial charge >= 0.3 is 0 Å². The van der Waals surface area contributed by atoms with E-state index < -0.39 is 0 Å². The highest BCUT2D eigenvalue weighted by molar-refractivity contribution is 5.78. The monoisotopic (exact) mass is 157 g/mol. The minimum absolute atomic E-state index is 0.0678. The van der Waals surface area contributed by atoms with Crippen molar-refractivity contribution < 1.29 is 0 Å². The van der Waals surface area contributed by atoms with Crippen molar-refractivity contribution in [3.8, 4) is 0 Å². The topological polar surface area (TPSA) is 41.6 Å². The number of rotatable bonds is 1. The van der Waals surface area contributed by atoms with Crippen molar-refractivity contribution in [1.82, 2.24) is 4.90 Å². The molecular formula is C8H19N3. The summed E-state index contributed by atoms with van der Waals surface area (Å²) in [5.41, 5.74) is 5.76. The molecule has 0 unspecified atom stereocenters. The fourth-order valence-corrected chi connectivity index (χ4v) is 1.10. The van der Waals surface area contributed by atoms with Crippen molar-refractivity contribution in [3.05, 3.63) is 0 Å². The molecule has 0 atom stereocenters. The van der Waals surface area contributed by atoms with Crippen LogP contribution < -0.4 is 5.73 Å². The maximum absolute atomic E-state index is 5.69. The molecule has 0 bridgehead atoms. The van der Waals surface area contributed by atoms with E-state index in [0.29, 0.717) is 5.96 Å². The predicted molar refractivity (Wildman–Crippen MR) is 49.7 cm³/mol. The first-order chi connectivity index (χ1) is 4.93. The summed E-state index contributed by atoms with van der Waals surface area (Å²) in [7, 11) is 1.71. The minimum Gasteiger partial charge on any atom is -0.370 e. The molecule has 0 aromatic heterocycles. The van der Waals surface area contributed by atoms with Crippen LogP contribution in [-0.2, 0) is 0 Å². The molecule has 0 aromatic carbocycles. The number of hydrogen-bond acceptors (Lipinski definition) is 1. The van der Waals surface area contributed by atoms with Gasteiger partial charge in [0.1, 0.15) is 0 Å². The molecule has 0 aliphatic carbocycles. The van der Waals surface area contributed by atoms with Crippen LogP contribution in [0, 0.1) is 0 Å². The standard InChI is InChI=1S/C8H19N3/c1-6-11(7(9)10-5)8(2,3)4/h6H2,1-5H3,(H2,9,10). The molecule has 0 radical (unpaired) electrons. The van der Waals surface area contributed by atoms with Crippen molar-refractivity contribution in [2.75, 3.05) is 13.6 Å². The van der Waals surface area contributed by atoms with Crippen LogP contribution in [0.5, 0.6) is 0 Å². The lowest BCUT2D eigenvalue weighted by molar-refractivity contribution is 0.244. The lowest BCUT2D eigenvalue weighted by atomic mass is 10.1. The van der Waals surface area contributed by atoms with E-state index >= 15 is 0 Å². The van der Waals surface area contributed by atoms with Gasteiger partial charge in [-0.3, -0.25) is 4.99 Å². The van der Waals surface area contributed by atoms with Crippen molar-refractivity contribution in [3.63, 3.8) is 0 Å². The number of hydrogen-bond donors (Lipinski definition) is 1. The second-order valence-electron chi connectivity index (χ2n) is 3.50. The summed E-state index contributed by atoms with van der Waals surface area (Å²) in [6.07, 6.45) is 0. The Labute approximate surface area is 69.3 Å². The first-order valence-electron chi connectivity index (χ1n) is 3.93. The second-order valence-corrected chi connectivity index (χ2v) is 3.50. The van der Waals surface area contributed by atoms with Crippen LogP contribution in [0.15, 0.2) is 4.99 Å². The highest BCUT2D eigenvalue weighted by atomic mass is 15.3. The zero-order valence-corrected chi connectivity index (χ0v) is 8.18. The Morgan fingerprint density at radius 2 is 1.91 bits per heavy atom. The van der Waals surface area contributed by atoms with E-state index in [2.05, 4.69) is 37.6 Å². The van der Waals surface area contributed by atoms with E-state index in [0.717, 1.165) is 6.54 Å². The second kappa shape index (κ2) is 3.60. The van der Waals surface area contributed by atoms with Crippen LogP contribution in [-0.4, -0.2) is 30.0 Å². The van der Waals surface area contributed by atoms with Gasteiger partial charge in [-0.25, -0.2) is 0 Å². The molecule has 0 saturated heterocycles. The summed E-state index contributed by atoms with van der Waals surface area (Å²) in [5, 5.41) is 0. The molecule has 0 aliphatic heterocycles. The van der Waals surface area contributed by atoms with Gasteiger partial charge in [0.25, 0.3) is 0 Å². The average molecular weight is 157 g/mol. The van der Waals surface area contributed by atoms with Crippen molar-refractivity contribution >= 4 is 5.96 Å². The number of nitrogens with two attached hydrogens (primary N) is 1. The van der Waals surface area contributed by atoms with E-state index in [1.54, 1.807) is 7.05 Å². The third-order valence-corrected chi connectivity index (χ3v) is 1.63. The fraction of sp³-hybridized carbons (Fsp3) is 0.875. The quantitative estimate of drug-likeness (QED) is 0.456. The minimum atomic E-state index is 0.0678. The Balaban J connectivity index is 4.42. The number of nitrogens with zero attached hydrogens (tertiary/aromatic N) is 2. The van der Waals surface area contributed by atoms with Gasteiger partial charge in [0.05, 0.1) is 0 Å². The Bertz CT molecular complexity index is 144. The summed E-state index contributed by atoms with van der Waals surface area (Å²) in [6, 6.07) is 0. The lowest BCUT2D eigenvalue weighted by Gasteiger charge is -2.35. The molecule has 0 fully saturated rings. The fourth-order valence-electron chi connectivity index (χ4n) is 1.10. The van der Waals surface area contributed by atoms with Crippen LogP contribution in [0.3, 0.4) is 0 Å². The van der Waals surface area contributed by atoms with Crippen LogP contribution in [0.2, 0.25) is 0 Å². The molecule has 0 aromatic rings. The lowest BCUT2D eigenvalue weighted by Crippen LogP contribution is -2.49. The third-order valence-electron chi connectivity index (χ3n) is 1.63. The van der Waals surface area contributed by atoms with Crippen molar-refractivity contribution in [1.29, 1.82) is 0 Å². The van der Waals surface area contributed by atoms with Crippen molar-refractivity contribution in [2.45, 2.75) is 33.2 Å². The number of aliphatic imine (C=N–C) groups is 1. The molecule has 3 heteroatoms. The smallest absolute Gasteiger partial charge is 0.191 e. The molecule has 66 valence electrons. The van der Waals surface area contributed by atoms with E-state index in [-0.39, 0.29) is 5.54 Å². The summed E-state index contributed by atoms with van der Waals surface area (Å²) >= 11 is 0. The summed E-state index contributed by atoms with van der Waals surface area (Å²) in [5.74, 6) is 0.611. The molecular weight excluding hydrogens is 138 g/mol. The Kier molecular flexibility index (Phi) is 3.36. The summed E-state index contributed by atoms with van der Waals surface area (Å²) in [6.45, 7) is 9.33. The van der Waals surface area contributed by atoms with Gasteiger partial charge in [-0.15, -0.1) is 0 Å². The van der Waals surface area contributed by atoms with Crippen LogP contribution in [0.4, 0.5) is 0 Å². The summed E-state index contributed by atoms with van der Waals surface area (Å²) < 4.78 is 0. The maximum atomic E-state index is 5.69. The molecule has 0 spiro atoms. The third kappa shape index (κ3) is 2.78. The first kappa shape index (κ1) is 10.3. The van der Waals surface area contributed by atoms with Gasteiger partial charge in [0.15, 0.2) is 5.96 Å². The van der Waals surface area contributed by atoms with Crippen molar-refractivity contribution in [2.24, 2.45) is 10.7 Å². The molecule has 0 amide bonds. The van der Waals surface area contributed by atoms with E-state index in [4.69, 9.17) is 5.73 Å². The first-order valence-corrected chi connectivity index (χ1v) is 3.93. The Hall–Kier alpha value is -0.730. The SMILES string of the molecule is CCN(C(N)=NC)C(C)(C)C. The van der Waals surface area contributed by atoms with Gasteiger partial charge in [-0.2, -0.15) is 0 Å². The van der Waals surface area contributed by atoms with Gasteiger partial charge in [0.2, 0.25) is 0 Å². The zero-order chi connectivity index (χ0) is 9.07. The highest BCUT2D eigenvalue weighted by Crippen LogP contribution is 2.11. The molecule has 0 aliphatic rings. The number of guanidine groups is 1. The van der Waals surface area contributed by atoms with Gasteiger partial charge in [-0.05, 0) is 27.7 Å². The molecule has 0 saturated carbocycles. The van der Waals surface area contributed by atoms with Gasteiger partial charge < -0.3 is 10.6 Å². The Morgan fingerprint density at radius 1 is 1.45 bits per heavy atom. The normalized spacial score (nSPS) is 13.4. The van der Waals surface area contributed by atoms with E-state index in [1.807, 2.05) is 0 Å². The van der Waals surface area contributed by atoms with Crippen LogP contribution >= 0.6 is 0 Å². The summed E-state index contributed by atoms with van der Waals surface area (Å²) in [4.78, 5) is 6.01. The zero-order valence-electron chi connectivity index (χ0n) is 8.18. The van der Waals surface area contributed by atoms with Gasteiger partial charge in [-0.1, -0.05) is 0 Å². The molecule has 2 N–H and O–H groups in total.